The van der Waals surface area contributed by atoms with Gasteiger partial charge in [0.1, 0.15) is 5.82 Å². The molecule has 0 atom stereocenters. The first-order chi connectivity index (χ1) is 10.6. The van der Waals surface area contributed by atoms with Gasteiger partial charge in [-0.25, -0.2) is 4.98 Å². The van der Waals surface area contributed by atoms with Crippen LogP contribution < -0.4 is 5.56 Å². The molecule has 2 N–H and O–H groups in total. The first kappa shape index (κ1) is 13.8. The molecule has 1 aliphatic carbocycles. The van der Waals surface area contributed by atoms with Gasteiger partial charge in [-0.2, -0.15) is 0 Å². The third-order valence-electron chi connectivity index (χ3n) is 4.78. The van der Waals surface area contributed by atoms with Crippen LogP contribution >= 0.6 is 0 Å². The fraction of sp³-hybridized carbons (Fsp3) is 0.529. The smallest absolute Gasteiger partial charge is 0.255 e. The highest BCUT2D eigenvalue weighted by Crippen LogP contribution is 2.37. The molecule has 0 saturated heterocycles. The molecule has 1 saturated carbocycles. The third-order valence-corrected chi connectivity index (χ3v) is 4.78. The summed E-state index contributed by atoms with van der Waals surface area (Å²) in [5, 5.41) is 0. The molecule has 1 fully saturated rings. The first-order valence-corrected chi connectivity index (χ1v) is 8.09. The van der Waals surface area contributed by atoms with Crippen LogP contribution in [0.2, 0.25) is 0 Å². The summed E-state index contributed by atoms with van der Waals surface area (Å²) in [7, 11) is 0. The van der Waals surface area contributed by atoms with E-state index in [0.29, 0.717) is 12.5 Å². The first-order valence-electron chi connectivity index (χ1n) is 8.09. The summed E-state index contributed by atoms with van der Waals surface area (Å²) >= 11 is 0. The Kier molecular flexibility index (Phi) is 3.18. The number of rotatable bonds is 3. The minimum Gasteiger partial charge on any atom is -0.362 e. The van der Waals surface area contributed by atoms with Crippen LogP contribution in [-0.2, 0) is 19.5 Å². The predicted octanol–water partition coefficient (Wildman–Crippen LogP) is 2.15. The fourth-order valence-electron chi connectivity index (χ4n) is 3.37. The maximum atomic E-state index is 12.4. The number of fused-ring (bicyclic) bond motifs is 1. The molecule has 3 heterocycles. The highest BCUT2D eigenvalue weighted by atomic mass is 16.1. The Bertz CT molecular complexity index is 769. The molecule has 4 rings (SSSR count). The molecule has 1 aliphatic heterocycles. The van der Waals surface area contributed by atoms with Crippen molar-refractivity contribution in [1.82, 2.24) is 19.9 Å². The van der Waals surface area contributed by atoms with E-state index in [1.165, 1.54) is 29.8 Å². The van der Waals surface area contributed by atoms with Gasteiger partial charge in [0, 0.05) is 43.4 Å². The predicted molar refractivity (Wildman–Crippen MR) is 84.9 cm³/mol. The van der Waals surface area contributed by atoms with E-state index in [-0.39, 0.29) is 5.56 Å². The van der Waals surface area contributed by atoms with Crippen molar-refractivity contribution in [2.75, 3.05) is 6.54 Å². The molecule has 2 aliphatic rings. The summed E-state index contributed by atoms with van der Waals surface area (Å²) < 4.78 is 0. The summed E-state index contributed by atoms with van der Waals surface area (Å²) in [4.78, 5) is 25.8. The normalized spacial score (nSPS) is 18.5. The zero-order valence-corrected chi connectivity index (χ0v) is 13.2. The third kappa shape index (κ3) is 2.50. The van der Waals surface area contributed by atoms with Crippen LogP contribution in [0.15, 0.2) is 10.9 Å². The SMILES string of the molecule is Cc1cc(CN2CCc3nc(C4CC4)[nH]c(=O)c3C2)c(C)[nH]1. The zero-order valence-electron chi connectivity index (χ0n) is 13.2. The molecule has 2 aromatic heterocycles. The van der Waals surface area contributed by atoms with Gasteiger partial charge < -0.3 is 9.97 Å². The van der Waals surface area contributed by atoms with E-state index in [9.17, 15) is 4.79 Å². The van der Waals surface area contributed by atoms with Crippen molar-refractivity contribution < 1.29 is 0 Å². The Labute approximate surface area is 129 Å². The van der Waals surface area contributed by atoms with E-state index in [2.05, 4.69) is 34.8 Å². The lowest BCUT2D eigenvalue weighted by atomic mass is 10.1. The van der Waals surface area contributed by atoms with Crippen molar-refractivity contribution in [3.05, 3.63) is 50.5 Å². The van der Waals surface area contributed by atoms with Gasteiger partial charge >= 0.3 is 0 Å². The Morgan fingerprint density at radius 1 is 1.32 bits per heavy atom. The molecule has 22 heavy (non-hydrogen) atoms. The maximum Gasteiger partial charge on any atom is 0.255 e. The van der Waals surface area contributed by atoms with Gasteiger partial charge in [0.2, 0.25) is 0 Å². The van der Waals surface area contributed by atoms with Gasteiger partial charge in [0.15, 0.2) is 0 Å². The van der Waals surface area contributed by atoms with Crippen molar-refractivity contribution in [3.63, 3.8) is 0 Å². The van der Waals surface area contributed by atoms with Gasteiger partial charge in [0.25, 0.3) is 5.56 Å². The summed E-state index contributed by atoms with van der Waals surface area (Å²) in [5.74, 6) is 1.41. The van der Waals surface area contributed by atoms with Crippen molar-refractivity contribution in [3.8, 4) is 0 Å². The van der Waals surface area contributed by atoms with Gasteiger partial charge in [0.05, 0.1) is 11.3 Å². The van der Waals surface area contributed by atoms with Gasteiger partial charge in [-0.05, 0) is 38.3 Å². The van der Waals surface area contributed by atoms with E-state index >= 15 is 0 Å². The van der Waals surface area contributed by atoms with Crippen molar-refractivity contribution in [2.24, 2.45) is 0 Å². The lowest BCUT2D eigenvalue weighted by Crippen LogP contribution is -2.35. The number of hydrogen-bond acceptors (Lipinski definition) is 3. The van der Waals surface area contributed by atoms with Crippen LogP contribution in [0.3, 0.4) is 0 Å². The summed E-state index contributed by atoms with van der Waals surface area (Å²) in [6.07, 6.45) is 3.21. The minimum absolute atomic E-state index is 0.0681. The van der Waals surface area contributed by atoms with E-state index in [1.807, 2.05) is 0 Å². The van der Waals surface area contributed by atoms with Gasteiger partial charge in [-0.15, -0.1) is 0 Å². The summed E-state index contributed by atoms with van der Waals surface area (Å²) in [5.41, 5.74) is 5.68. The minimum atomic E-state index is 0.0681. The van der Waals surface area contributed by atoms with E-state index < -0.39 is 0 Å². The van der Waals surface area contributed by atoms with Crippen molar-refractivity contribution in [1.29, 1.82) is 0 Å². The number of H-pyrrole nitrogens is 2. The molecule has 5 nitrogen and oxygen atoms in total. The van der Waals surface area contributed by atoms with E-state index in [4.69, 9.17) is 4.98 Å². The number of nitrogens with one attached hydrogen (secondary N) is 2. The molecule has 0 amide bonds. The Hall–Kier alpha value is -1.88. The molecule has 0 spiro atoms. The Balaban J connectivity index is 1.56. The van der Waals surface area contributed by atoms with Crippen molar-refractivity contribution in [2.45, 2.75) is 52.1 Å². The lowest BCUT2D eigenvalue weighted by molar-refractivity contribution is 0.241. The number of aromatic amines is 2. The van der Waals surface area contributed by atoms with Crippen LogP contribution in [0.1, 0.15) is 52.8 Å². The number of hydrogen-bond donors (Lipinski definition) is 2. The molecule has 5 heteroatoms. The number of aromatic nitrogens is 3. The largest absolute Gasteiger partial charge is 0.362 e. The molecule has 0 bridgehead atoms. The highest BCUT2D eigenvalue weighted by Gasteiger charge is 2.29. The van der Waals surface area contributed by atoms with Crippen LogP contribution in [0.4, 0.5) is 0 Å². The van der Waals surface area contributed by atoms with E-state index in [0.717, 1.165) is 36.6 Å². The maximum absolute atomic E-state index is 12.4. The molecule has 0 unspecified atom stereocenters. The Morgan fingerprint density at radius 3 is 2.82 bits per heavy atom. The number of aryl methyl sites for hydroxylation is 2. The zero-order chi connectivity index (χ0) is 15.3. The molecule has 0 aromatic carbocycles. The van der Waals surface area contributed by atoms with Gasteiger partial charge in [-0.1, -0.05) is 0 Å². The Morgan fingerprint density at radius 2 is 2.14 bits per heavy atom. The average Bonchev–Trinajstić information content (AvgIpc) is 3.27. The fourth-order valence-corrected chi connectivity index (χ4v) is 3.37. The second-order valence-corrected chi connectivity index (χ2v) is 6.71. The standard InChI is InChI=1S/C17H22N4O/c1-10-7-13(11(2)18-10)8-21-6-5-15-14(9-21)17(22)20-16(19-15)12-3-4-12/h7,12,18H,3-6,8-9H2,1-2H3,(H,19,20,22). The molecular weight excluding hydrogens is 276 g/mol. The molecular formula is C17H22N4O. The second-order valence-electron chi connectivity index (χ2n) is 6.71. The van der Waals surface area contributed by atoms with E-state index in [1.54, 1.807) is 0 Å². The number of nitrogens with zero attached hydrogens (tertiary/aromatic N) is 2. The van der Waals surface area contributed by atoms with Crippen molar-refractivity contribution >= 4 is 0 Å². The van der Waals surface area contributed by atoms with Crippen LogP contribution in [0.5, 0.6) is 0 Å². The molecule has 0 radical (unpaired) electrons. The monoisotopic (exact) mass is 298 g/mol. The topological polar surface area (TPSA) is 64.8 Å². The second kappa shape index (κ2) is 5.09. The summed E-state index contributed by atoms with van der Waals surface area (Å²) in [6.45, 7) is 6.75. The van der Waals surface area contributed by atoms with Gasteiger partial charge in [-0.3, -0.25) is 9.69 Å². The van der Waals surface area contributed by atoms with Crippen LogP contribution in [-0.4, -0.2) is 26.4 Å². The average molecular weight is 298 g/mol. The molecule has 116 valence electrons. The lowest BCUT2D eigenvalue weighted by Gasteiger charge is -2.27. The summed E-state index contributed by atoms with van der Waals surface area (Å²) in [6, 6.07) is 2.20. The van der Waals surface area contributed by atoms with Crippen LogP contribution in [0.25, 0.3) is 0 Å². The quantitative estimate of drug-likeness (QED) is 0.912. The highest BCUT2D eigenvalue weighted by molar-refractivity contribution is 5.26. The molecule has 2 aromatic rings. The van der Waals surface area contributed by atoms with Crippen LogP contribution in [0, 0.1) is 13.8 Å².